The van der Waals surface area contributed by atoms with E-state index in [0.717, 1.165) is 21.9 Å². The van der Waals surface area contributed by atoms with Crippen LogP contribution in [0, 0.1) is 13.8 Å². The number of carbonyl (C=O) groups excluding carboxylic acids is 3. The molecule has 1 aliphatic rings. The highest BCUT2D eigenvalue weighted by Crippen LogP contribution is 2.40. The van der Waals surface area contributed by atoms with E-state index in [1.165, 1.54) is 7.05 Å². The summed E-state index contributed by atoms with van der Waals surface area (Å²) in [7, 11) is 4.92. The van der Waals surface area contributed by atoms with Gasteiger partial charge in [0.2, 0.25) is 17.7 Å². The van der Waals surface area contributed by atoms with E-state index in [4.69, 9.17) is 4.74 Å². The molecule has 8 nitrogen and oxygen atoms in total. The minimum Gasteiger partial charge on any atom is -0.497 e. The zero-order valence-electron chi connectivity index (χ0n) is 19.9. The van der Waals surface area contributed by atoms with E-state index in [1.54, 1.807) is 41.0 Å². The van der Waals surface area contributed by atoms with Gasteiger partial charge < -0.3 is 9.64 Å². The quantitative estimate of drug-likeness (QED) is 0.618. The maximum Gasteiger partial charge on any atom is 0.240 e. The van der Waals surface area contributed by atoms with Crippen molar-refractivity contribution >= 4 is 17.7 Å². The molecular weight excluding hydrogens is 408 g/mol. The van der Waals surface area contributed by atoms with Crippen molar-refractivity contribution in [1.82, 2.24) is 19.6 Å². The zero-order chi connectivity index (χ0) is 23.8. The highest BCUT2D eigenvalue weighted by Gasteiger charge is 2.53. The average Bonchev–Trinajstić information content (AvgIpc) is 3.12. The van der Waals surface area contributed by atoms with Gasteiger partial charge in [0.25, 0.3) is 0 Å². The van der Waals surface area contributed by atoms with Gasteiger partial charge in [0.1, 0.15) is 5.75 Å². The maximum absolute atomic E-state index is 13.6. The summed E-state index contributed by atoms with van der Waals surface area (Å²) < 4.78 is 7.04. The number of likely N-dealkylation sites (N-methyl/N-ethyl adjacent to an activating group) is 1. The van der Waals surface area contributed by atoms with Crippen LogP contribution in [0.4, 0.5) is 0 Å². The standard InChI is InChI=1S/C24H32N4O4/c1-15(2)28(14-20-16(3)25-27(6)17(20)4)22(30)13-24(12-21(29)26(5)23(24)31)18-8-10-19(32-7)11-9-18/h8-11,15H,12-14H2,1-7H3/t24-/m1/s1. The second-order valence-corrected chi connectivity index (χ2v) is 8.81. The molecule has 172 valence electrons. The molecule has 32 heavy (non-hydrogen) atoms. The van der Waals surface area contributed by atoms with Crippen LogP contribution in [-0.2, 0) is 33.4 Å². The van der Waals surface area contributed by atoms with Gasteiger partial charge in [0.05, 0.1) is 18.2 Å². The molecule has 1 atom stereocenters. The number of carbonyl (C=O) groups is 3. The number of amides is 3. The lowest BCUT2D eigenvalue weighted by molar-refractivity contribution is -0.142. The monoisotopic (exact) mass is 440 g/mol. The molecule has 8 heteroatoms. The SMILES string of the molecule is COc1ccc([C@]2(CC(=O)N(Cc3c(C)nn(C)c3C)C(C)C)CC(=O)N(C)C2=O)cc1. The molecule has 0 aliphatic carbocycles. The summed E-state index contributed by atoms with van der Waals surface area (Å²) >= 11 is 0. The van der Waals surface area contributed by atoms with Crippen molar-refractivity contribution in [1.29, 1.82) is 0 Å². The minimum absolute atomic E-state index is 0.0305. The predicted octanol–water partition coefficient (Wildman–Crippen LogP) is 2.50. The average molecular weight is 441 g/mol. The normalized spacial score (nSPS) is 18.6. The number of imide groups is 1. The fourth-order valence-corrected chi connectivity index (χ4v) is 4.40. The lowest BCUT2D eigenvalue weighted by Gasteiger charge is -2.32. The van der Waals surface area contributed by atoms with Crippen LogP contribution in [-0.4, -0.2) is 57.5 Å². The fourth-order valence-electron chi connectivity index (χ4n) is 4.40. The Morgan fingerprint density at radius 2 is 1.81 bits per heavy atom. The largest absolute Gasteiger partial charge is 0.497 e. The van der Waals surface area contributed by atoms with Crippen molar-refractivity contribution in [2.24, 2.45) is 7.05 Å². The Balaban J connectivity index is 1.98. The van der Waals surface area contributed by atoms with Gasteiger partial charge in [-0.15, -0.1) is 0 Å². The molecule has 3 rings (SSSR count). The number of methoxy groups -OCH3 is 1. The topological polar surface area (TPSA) is 84.7 Å². The summed E-state index contributed by atoms with van der Waals surface area (Å²) in [5.74, 6) is -0.159. The Morgan fingerprint density at radius 3 is 2.25 bits per heavy atom. The first-order valence-corrected chi connectivity index (χ1v) is 10.8. The van der Waals surface area contributed by atoms with Crippen molar-refractivity contribution < 1.29 is 19.1 Å². The molecule has 0 bridgehead atoms. The number of ether oxygens (including phenoxy) is 1. The van der Waals surface area contributed by atoms with Gasteiger partial charge in [-0.25, -0.2) is 0 Å². The summed E-state index contributed by atoms with van der Waals surface area (Å²) in [5.41, 5.74) is 2.30. The van der Waals surface area contributed by atoms with E-state index in [0.29, 0.717) is 17.9 Å². The van der Waals surface area contributed by atoms with Gasteiger partial charge >= 0.3 is 0 Å². The van der Waals surface area contributed by atoms with Crippen LogP contribution in [0.1, 0.15) is 49.2 Å². The van der Waals surface area contributed by atoms with E-state index in [2.05, 4.69) is 5.10 Å². The molecule has 0 saturated carbocycles. The summed E-state index contributed by atoms with van der Waals surface area (Å²) in [4.78, 5) is 42.3. The molecule has 1 fully saturated rings. The molecule has 0 spiro atoms. The fraction of sp³-hybridized carbons (Fsp3) is 0.500. The second kappa shape index (κ2) is 8.76. The van der Waals surface area contributed by atoms with E-state index in [1.807, 2.05) is 34.7 Å². The van der Waals surface area contributed by atoms with E-state index in [-0.39, 0.29) is 36.6 Å². The van der Waals surface area contributed by atoms with E-state index in [9.17, 15) is 14.4 Å². The Bertz CT molecular complexity index is 1040. The molecule has 1 aromatic carbocycles. The third-order valence-electron chi connectivity index (χ3n) is 6.57. The first kappa shape index (κ1) is 23.5. The number of hydrogen-bond donors (Lipinski definition) is 0. The van der Waals surface area contributed by atoms with Gasteiger partial charge in [-0.2, -0.15) is 5.10 Å². The Morgan fingerprint density at radius 1 is 1.19 bits per heavy atom. The second-order valence-electron chi connectivity index (χ2n) is 8.81. The molecule has 2 heterocycles. The van der Waals surface area contributed by atoms with Crippen LogP contribution < -0.4 is 4.74 Å². The van der Waals surface area contributed by atoms with Crippen LogP contribution in [0.2, 0.25) is 0 Å². The molecule has 0 N–H and O–H groups in total. The number of hydrogen-bond acceptors (Lipinski definition) is 5. The molecule has 0 unspecified atom stereocenters. The van der Waals surface area contributed by atoms with Crippen LogP contribution in [0.5, 0.6) is 5.75 Å². The predicted molar refractivity (Wildman–Crippen MR) is 120 cm³/mol. The third kappa shape index (κ3) is 4.01. The minimum atomic E-state index is -1.22. The van der Waals surface area contributed by atoms with E-state index >= 15 is 0 Å². The van der Waals surface area contributed by atoms with Gasteiger partial charge in [0, 0.05) is 50.8 Å². The summed E-state index contributed by atoms with van der Waals surface area (Å²) in [5, 5.41) is 4.46. The molecule has 0 radical (unpaired) electrons. The third-order valence-corrected chi connectivity index (χ3v) is 6.57. The van der Waals surface area contributed by atoms with Crippen LogP contribution in [0.3, 0.4) is 0 Å². The smallest absolute Gasteiger partial charge is 0.240 e. The molecule has 1 aliphatic heterocycles. The van der Waals surface area contributed by atoms with Crippen molar-refractivity contribution in [2.45, 2.75) is 58.5 Å². The highest BCUT2D eigenvalue weighted by atomic mass is 16.5. The Labute approximate surface area is 189 Å². The summed E-state index contributed by atoms with van der Waals surface area (Å²) in [6.45, 7) is 8.21. The number of benzene rings is 1. The lowest BCUT2D eigenvalue weighted by Crippen LogP contribution is -2.44. The summed E-state index contributed by atoms with van der Waals surface area (Å²) in [6.07, 6.45) is -0.109. The molecule has 3 amide bonds. The van der Waals surface area contributed by atoms with Crippen molar-refractivity contribution in [2.75, 3.05) is 14.2 Å². The first-order chi connectivity index (χ1) is 15.0. The first-order valence-electron chi connectivity index (χ1n) is 10.8. The van der Waals surface area contributed by atoms with Gasteiger partial charge in [-0.05, 0) is 45.4 Å². The van der Waals surface area contributed by atoms with E-state index < -0.39 is 5.41 Å². The van der Waals surface area contributed by atoms with Gasteiger partial charge in [0.15, 0.2) is 0 Å². The molecule has 1 aromatic heterocycles. The summed E-state index contributed by atoms with van der Waals surface area (Å²) in [6, 6.07) is 6.96. The van der Waals surface area contributed by atoms with Gasteiger partial charge in [-0.1, -0.05) is 12.1 Å². The zero-order valence-corrected chi connectivity index (χ0v) is 19.9. The van der Waals surface area contributed by atoms with Crippen molar-refractivity contribution in [3.8, 4) is 5.75 Å². The lowest BCUT2D eigenvalue weighted by atomic mass is 9.75. The number of aromatic nitrogens is 2. The molecular formula is C24H32N4O4. The number of nitrogens with zero attached hydrogens (tertiary/aromatic N) is 4. The number of likely N-dealkylation sites (tertiary alicyclic amines) is 1. The van der Waals surface area contributed by atoms with Crippen molar-refractivity contribution in [3.63, 3.8) is 0 Å². The van der Waals surface area contributed by atoms with Crippen LogP contribution in [0.25, 0.3) is 0 Å². The molecule has 2 aromatic rings. The van der Waals surface area contributed by atoms with Gasteiger partial charge in [-0.3, -0.25) is 24.0 Å². The number of rotatable bonds is 7. The number of aryl methyl sites for hydroxylation is 2. The van der Waals surface area contributed by atoms with Crippen molar-refractivity contribution in [3.05, 3.63) is 46.8 Å². The Kier molecular flexibility index (Phi) is 6.44. The Hall–Kier alpha value is -3.16. The highest BCUT2D eigenvalue weighted by molar-refractivity contribution is 6.10. The maximum atomic E-state index is 13.6. The molecule has 1 saturated heterocycles. The van der Waals surface area contributed by atoms with Crippen LogP contribution >= 0.6 is 0 Å². The van der Waals surface area contributed by atoms with Crippen LogP contribution in [0.15, 0.2) is 24.3 Å².